The predicted octanol–water partition coefficient (Wildman–Crippen LogP) is 0.585. The highest BCUT2D eigenvalue weighted by Crippen LogP contribution is 1.97. The Morgan fingerprint density at radius 1 is 1.50 bits per heavy atom. The lowest BCUT2D eigenvalue weighted by molar-refractivity contribution is 0.246. The molecule has 0 bridgehead atoms. The van der Waals surface area contributed by atoms with E-state index in [1.54, 1.807) is 0 Å². The molecular weight excluding hydrogens is 150 g/mol. The van der Waals surface area contributed by atoms with E-state index in [0.29, 0.717) is 6.29 Å². The molecule has 0 radical (unpaired) electrons. The molecule has 0 saturated carbocycles. The van der Waals surface area contributed by atoms with Crippen LogP contribution in [0.25, 0.3) is 0 Å². The Morgan fingerprint density at radius 2 is 2.33 bits per heavy atom. The van der Waals surface area contributed by atoms with Crippen LogP contribution < -0.4 is 10.6 Å². The average Bonchev–Trinajstić information content (AvgIpc) is 2.46. The van der Waals surface area contributed by atoms with Gasteiger partial charge in [0.25, 0.3) is 0 Å². The summed E-state index contributed by atoms with van der Waals surface area (Å²) >= 11 is 0. The van der Waals surface area contributed by atoms with E-state index < -0.39 is 0 Å². The normalized spacial score (nSPS) is 25.0. The molecule has 0 aromatic heterocycles. The fourth-order valence-electron chi connectivity index (χ4n) is 1.50. The topological polar surface area (TPSA) is 27.3 Å². The highest BCUT2D eigenvalue weighted by Gasteiger charge is 2.17. The molecule has 1 atom stereocenters. The van der Waals surface area contributed by atoms with Crippen LogP contribution in [-0.2, 0) is 0 Å². The van der Waals surface area contributed by atoms with Gasteiger partial charge in [-0.2, -0.15) is 0 Å². The number of unbranched alkanes of at least 4 members (excludes halogenated alkanes) is 2. The second-order valence-corrected chi connectivity index (χ2v) is 3.50. The van der Waals surface area contributed by atoms with Crippen molar-refractivity contribution in [3.63, 3.8) is 0 Å². The first-order valence-electron chi connectivity index (χ1n) is 5.01. The van der Waals surface area contributed by atoms with Crippen molar-refractivity contribution < 1.29 is 0 Å². The van der Waals surface area contributed by atoms with Crippen LogP contribution in [0.3, 0.4) is 0 Å². The Kier molecular flexibility index (Phi) is 4.58. The van der Waals surface area contributed by atoms with E-state index in [0.717, 1.165) is 19.6 Å². The molecule has 12 heavy (non-hydrogen) atoms. The fourth-order valence-corrected chi connectivity index (χ4v) is 1.50. The molecule has 2 N–H and O–H groups in total. The summed E-state index contributed by atoms with van der Waals surface area (Å²) in [6, 6.07) is 0. The molecule has 1 heterocycles. The van der Waals surface area contributed by atoms with Crippen molar-refractivity contribution in [1.82, 2.24) is 15.5 Å². The second-order valence-electron chi connectivity index (χ2n) is 3.50. The van der Waals surface area contributed by atoms with Crippen molar-refractivity contribution in [3.05, 3.63) is 0 Å². The van der Waals surface area contributed by atoms with Gasteiger partial charge in [0.05, 0.1) is 0 Å². The van der Waals surface area contributed by atoms with Gasteiger partial charge in [0.2, 0.25) is 0 Å². The largest absolute Gasteiger partial charge is 0.289 e. The molecule has 0 aromatic carbocycles. The minimum Gasteiger partial charge on any atom is -0.289 e. The molecular formula is C9H21N3. The third-order valence-electron chi connectivity index (χ3n) is 2.36. The van der Waals surface area contributed by atoms with Crippen LogP contribution in [0.5, 0.6) is 0 Å². The third-order valence-corrected chi connectivity index (χ3v) is 2.36. The van der Waals surface area contributed by atoms with Gasteiger partial charge >= 0.3 is 0 Å². The number of nitrogens with one attached hydrogen (secondary N) is 2. The first-order valence-corrected chi connectivity index (χ1v) is 5.01. The monoisotopic (exact) mass is 171 g/mol. The second kappa shape index (κ2) is 5.51. The van der Waals surface area contributed by atoms with Gasteiger partial charge in [-0.3, -0.25) is 15.5 Å². The number of likely N-dealkylation sites (N-methyl/N-ethyl adjacent to an activating group) is 1. The van der Waals surface area contributed by atoms with E-state index in [1.165, 1.54) is 19.3 Å². The van der Waals surface area contributed by atoms with Gasteiger partial charge in [-0.05, 0) is 20.0 Å². The standard InChI is InChI=1S/C9H21N3/c1-3-4-5-6-10-9-11-7-8-12(9)2/h9-11H,3-8H2,1-2H3. The summed E-state index contributed by atoms with van der Waals surface area (Å²) < 4.78 is 0. The SMILES string of the molecule is CCCCCNC1NCCN1C. The maximum Gasteiger partial charge on any atom is 0.114 e. The van der Waals surface area contributed by atoms with Gasteiger partial charge in [0.15, 0.2) is 0 Å². The number of hydrogen-bond acceptors (Lipinski definition) is 3. The maximum atomic E-state index is 3.48. The lowest BCUT2D eigenvalue weighted by Gasteiger charge is -2.20. The van der Waals surface area contributed by atoms with Crippen LogP contribution in [0.1, 0.15) is 26.2 Å². The maximum absolute atomic E-state index is 3.48. The van der Waals surface area contributed by atoms with E-state index in [-0.39, 0.29) is 0 Å². The fraction of sp³-hybridized carbons (Fsp3) is 1.00. The van der Waals surface area contributed by atoms with Crippen molar-refractivity contribution in [1.29, 1.82) is 0 Å². The van der Waals surface area contributed by atoms with Crippen LogP contribution in [-0.4, -0.2) is 37.9 Å². The molecule has 0 amide bonds. The Bertz CT molecular complexity index is 116. The zero-order valence-electron chi connectivity index (χ0n) is 8.27. The smallest absolute Gasteiger partial charge is 0.114 e. The third kappa shape index (κ3) is 3.09. The lowest BCUT2D eigenvalue weighted by Crippen LogP contribution is -2.46. The molecule has 1 saturated heterocycles. The molecule has 1 aliphatic rings. The van der Waals surface area contributed by atoms with Crippen molar-refractivity contribution in [2.75, 3.05) is 26.7 Å². The highest BCUT2D eigenvalue weighted by atomic mass is 15.4. The van der Waals surface area contributed by atoms with Crippen molar-refractivity contribution in [3.8, 4) is 0 Å². The van der Waals surface area contributed by atoms with E-state index in [9.17, 15) is 0 Å². The van der Waals surface area contributed by atoms with Crippen LogP contribution >= 0.6 is 0 Å². The highest BCUT2D eigenvalue weighted by molar-refractivity contribution is 4.72. The molecule has 1 aliphatic heterocycles. The van der Waals surface area contributed by atoms with Gasteiger partial charge in [-0.25, -0.2) is 0 Å². The molecule has 3 heteroatoms. The van der Waals surface area contributed by atoms with E-state index in [2.05, 4.69) is 29.5 Å². The van der Waals surface area contributed by atoms with Gasteiger partial charge < -0.3 is 0 Å². The summed E-state index contributed by atoms with van der Waals surface area (Å²) in [6.45, 7) is 5.64. The van der Waals surface area contributed by atoms with Crippen molar-refractivity contribution in [2.24, 2.45) is 0 Å². The van der Waals surface area contributed by atoms with Gasteiger partial charge in [-0.1, -0.05) is 19.8 Å². The van der Waals surface area contributed by atoms with Crippen LogP contribution in [0, 0.1) is 0 Å². The van der Waals surface area contributed by atoms with Crippen LogP contribution in [0.2, 0.25) is 0 Å². The van der Waals surface area contributed by atoms with E-state index in [4.69, 9.17) is 0 Å². The predicted molar refractivity (Wildman–Crippen MR) is 51.9 cm³/mol. The first kappa shape index (κ1) is 9.96. The van der Waals surface area contributed by atoms with Crippen LogP contribution in [0.15, 0.2) is 0 Å². The molecule has 0 aromatic rings. The molecule has 1 unspecified atom stereocenters. The van der Waals surface area contributed by atoms with E-state index in [1.807, 2.05) is 0 Å². The molecule has 1 fully saturated rings. The number of nitrogens with zero attached hydrogens (tertiary/aromatic N) is 1. The van der Waals surface area contributed by atoms with Crippen LogP contribution in [0.4, 0.5) is 0 Å². The molecule has 0 aliphatic carbocycles. The summed E-state index contributed by atoms with van der Waals surface area (Å²) in [5.41, 5.74) is 0. The zero-order chi connectivity index (χ0) is 8.81. The Hall–Kier alpha value is -0.120. The summed E-state index contributed by atoms with van der Waals surface area (Å²) in [4.78, 5) is 2.31. The van der Waals surface area contributed by atoms with Gasteiger partial charge in [0, 0.05) is 13.1 Å². The summed E-state index contributed by atoms with van der Waals surface area (Å²) in [6.07, 6.45) is 4.35. The number of rotatable bonds is 5. The zero-order valence-corrected chi connectivity index (χ0v) is 8.27. The summed E-state index contributed by atoms with van der Waals surface area (Å²) in [5, 5.41) is 6.88. The molecule has 3 nitrogen and oxygen atoms in total. The Balaban J connectivity index is 1.98. The molecule has 72 valence electrons. The minimum atomic E-state index is 0.418. The van der Waals surface area contributed by atoms with Crippen molar-refractivity contribution >= 4 is 0 Å². The Morgan fingerprint density at radius 3 is 2.92 bits per heavy atom. The average molecular weight is 171 g/mol. The van der Waals surface area contributed by atoms with E-state index >= 15 is 0 Å². The molecule has 1 rings (SSSR count). The quantitative estimate of drug-likeness (QED) is 0.593. The summed E-state index contributed by atoms with van der Waals surface area (Å²) in [5.74, 6) is 0. The van der Waals surface area contributed by atoms with Gasteiger partial charge in [-0.15, -0.1) is 0 Å². The first-order chi connectivity index (χ1) is 5.84. The number of hydrogen-bond donors (Lipinski definition) is 2. The van der Waals surface area contributed by atoms with Crippen molar-refractivity contribution in [2.45, 2.75) is 32.5 Å². The summed E-state index contributed by atoms with van der Waals surface area (Å²) in [7, 11) is 2.15. The Labute approximate surface area is 75.5 Å². The minimum absolute atomic E-state index is 0.418. The van der Waals surface area contributed by atoms with Gasteiger partial charge in [0.1, 0.15) is 6.29 Å². The lowest BCUT2D eigenvalue weighted by atomic mass is 10.2. The molecule has 0 spiro atoms.